The van der Waals surface area contributed by atoms with Gasteiger partial charge in [-0.2, -0.15) is 8.78 Å². The summed E-state index contributed by atoms with van der Waals surface area (Å²) in [5.41, 5.74) is 0. The largest absolute Gasteiger partial charge is 0.345 e. The number of ether oxygens (including phenoxy) is 1. The minimum absolute atomic E-state index is 0.560. The zero-order valence-electron chi connectivity index (χ0n) is 4.60. The molecule has 3 heteroatoms. The van der Waals surface area contributed by atoms with Crippen molar-refractivity contribution in [3.05, 3.63) is 12.7 Å². The molecule has 0 aromatic carbocycles. The highest BCUT2D eigenvalue weighted by Crippen LogP contribution is 2.00. The summed E-state index contributed by atoms with van der Waals surface area (Å²) in [4.78, 5) is 0. The molecular formula is C5H8F2O. The van der Waals surface area contributed by atoms with Crippen molar-refractivity contribution in [2.75, 3.05) is 0 Å². The Morgan fingerprint density at radius 3 is 2.25 bits per heavy atom. The molecule has 48 valence electrons. The van der Waals surface area contributed by atoms with Gasteiger partial charge in [0, 0.05) is 0 Å². The minimum atomic E-state index is -2.69. The average Bonchev–Trinajstić information content (AvgIpc) is 1.65. The van der Waals surface area contributed by atoms with Gasteiger partial charge in [-0.15, -0.1) is 6.58 Å². The highest BCUT2D eigenvalue weighted by molar-refractivity contribution is 4.74. The molecule has 0 bridgehead atoms. The second-order valence-electron chi connectivity index (χ2n) is 1.34. The van der Waals surface area contributed by atoms with E-state index in [1.807, 2.05) is 0 Å². The van der Waals surface area contributed by atoms with E-state index in [0.717, 1.165) is 0 Å². The van der Waals surface area contributed by atoms with Crippen LogP contribution in [0, 0.1) is 0 Å². The molecular weight excluding hydrogens is 114 g/mol. The predicted molar refractivity (Wildman–Crippen MR) is 26.7 cm³/mol. The summed E-state index contributed by atoms with van der Waals surface area (Å²) in [5, 5.41) is 0. The van der Waals surface area contributed by atoms with Gasteiger partial charge in [-0.1, -0.05) is 6.08 Å². The van der Waals surface area contributed by atoms with Crippen LogP contribution in [0.1, 0.15) is 6.92 Å². The van der Waals surface area contributed by atoms with Crippen LogP contribution in [0.4, 0.5) is 8.78 Å². The summed E-state index contributed by atoms with van der Waals surface area (Å²) < 4.78 is 26.4. The van der Waals surface area contributed by atoms with Crippen LogP contribution in [0.25, 0.3) is 0 Å². The lowest BCUT2D eigenvalue weighted by molar-refractivity contribution is -0.145. The Labute approximate surface area is 47.0 Å². The number of rotatable bonds is 3. The van der Waals surface area contributed by atoms with Gasteiger partial charge in [0.1, 0.15) is 0 Å². The van der Waals surface area contributed by atoms with Gasteiger partial charge in [-0.25, -0.2) is 0 Å². The molecule has 0 spiro atoms. The van der Waals surface area contributed by atoms with E-state index >= 15 is 0 Å². The van der Waals surface area contributed by atoms with Crippen LogP contribution in [0.3, 0.4) is 0 Å². The molecule has 0 fully saturated rings. The number of halogens is 2. The molecule has 0 heterocycles. The Morgan fingerprint density at radius 2 is 2.12 bits per heavy atom. The second-order valence-corrected chi connectivity index (χ2v) is 1.34. The summed E-state index contributed by atoms with van der Waals surface area (Å²) in [6.45, 7) is 2.06. The van der Waals surface area contributed by atoms with Crippen molar-refractivity contribution < 1.29 is 13.5 Å². The van der Waals surface area contributed by atoms with Crippen LogP contribution in [-0.4, -0.2) is 12.7 Å². The predicted octanol–water partition coefficient (Wildman–Crippen LogP) is 1.80. The molecule has 0 saturated carbocycles. The van der Waals surface area contributed by atoms with E-state index in [9.17, 15) is 8.78 Å². The van der Waals surface area contributed by atoms with Crippen LogP contribution in [0.15, 0.2) is 12.7 Å². The smallest absolute Gasteiger partial charge is 0.316 e. The molecule has 0 aliphatic heterocycles. The molecule has 0 N–H and O–H groups in total. The Hall–Kier alpha value is -0.440. The van der Waals surface area contributed by atoms with Crippen LogP contribution >= 0.6 is 0 Å². The van der Waals surface area contributed by atoms with Crippen LogP contribution in [0.5, 0.6) is 0 Å². The summed E-state index contributed by atoms with van der Waals surface area (Å²) in [6, 6.07) is 0. The third-order valence-corrected chi connectivity index (χ3v) is 0.649. The third-order valence-electron chi connectivity index (χ3n) is 0.649. The van der Waals surface area contributed by atoms with Gasteiger partial charge in [0.05, 0.1) is 6.10 Å². The molecule has 0 aliphatic carbocycles. The van der Waals surface area contributed by atoms with Crippen LogP contribution < -0.4 is 0 Å². The van der Waals surface area contributed by atoms with Gasteiger partial charge in [-0.05, 0) is 6.92 Å². The SMILES string of the molecule is C=CC(C)OC(F)F. The summed E-state index contributed by atoms with van der Waals surface area (Å²) in [6.07, 6.45) is 0.751. The number of hydrogen-bond acceptors (Lipinski definition) is 1. The summed E-state index contributed by atoms with van der Waals surface area (Å²) >= 11 is 0. The average molecular weight is 122 g/mol. The lowest BCUT2D eigenvalue weighted by atomic mass is 10.4. The maximum absolute atomic E-state index is 11.2. The molecule has 1 nitrogen and oxygen atoms in total. The Bertz CT molecular complexity index is 72.8. The first kappa shape index (κ1) is 7.56. The molecule has 0 saturated heterocycles. The highest BCUT2D eigenvalue weighted by atomic mass is 19.3. The van der Waals surface area contributed by atoms with Crippen molar-refractivity contribution in [3.8, 4) is 0 Å². The summed E-state index contributed by atoms with van der Waals surface area (Å²) in [7, 11) is 0. The third kappa shape index (κ3) is 3.74. The topological polar surface area (TPSA) is 9.23 Å². The van der Waals surface area contributed by atoms with Gasteiger partial charge in [0.25, 0.3) is 0 Å². The van der Waals surface area contributed by atoms with Gasteiger partial charge >= 0.3 is 6.61 Å². The van der Waals surface area contributed by atoms with Crippen molar-refractivity contribution in [2.45, 2.75) is 19.6 Å². The zero-order valence-corrected chi connectivity index (χ0v) is 4.60. The fourth-order valence-corrected chi connectivity index (χ4v) is 0.218. The van der Waals surface area contributed by atoms with E-state index in [-0.39, 0.29) is 0 Å². The first-order valence-corrected chi connectivity index (χ1v) is 2.23. The molecule has 0 aromatic heterocycles. The standard InChI is InChI=1S/C5H8F2O/c1-3-4(2)8-5(6)7/h3-5H,1H2,2H3. The maximum Gasteiger partial charge on any atom is 0.345 e. The fraction of sp³-hybridized carbons (Fsp3) is 0.600. The first-order valence-electron chi connectivity index (χ1n) is 2.23. The molecule has 0 aromatic rings. The maximum atomic E-state index is 11.2. The van der Waals surface area contributed by atoms with Gasteiger partial charge in [0.2, 0.25) is 0 Å². The fourth-order valence-electron chi connectivity index (χ4n) is 0.218. The van der Waals surface area contributed by atoms with Crippen molar-refractivity contribution in [1.29, 1.82) is 0 Å². The zero-order chi connectivity index (χ0) is 6.57. The van der Waals surface area contributed by atoms with Gasteiger partial charge < -0.3 is 4.74 Å². The molecule has 1 atom stereocenters. The normalized spacial score (nSPS) is 14.0. The molecule has 0 aliphatic rings. The van der Waals surface area contributed by atoms with Crippen LogP contribution in [0.2, 0.25) is 0 Å². The van der Waals surface area contributed by atoms with Crippen molar-refractivity contribution in [1.82, 2.24) is 0 Å². The molecule has 0 amide bonds. The van der Waals surface area contributed by atoms with Gasteiger partial charge in [0.15, 0.2) is 0 Å². The second kappa shape index (κ2) is 3.55. The van der Waals surface area contributed by atoms with E-state index in [2.05, 4.69) is 11.3 Å². The van der Waals surface area contributed by atoms with Crippen molar-refractivity contribution >= 4 is 0 Å². The molecule has 8 heavy (non-hydrogen) atoms. The first-order chi connectivity index (χ1) is 3.66. The lowest BCUT2D eigenvalue weighted by Crippen LogP contribution is -2.08. The van der Waals surface area contributed by atoms with Gasteiger partial charge in [-0.3, -0.25) is 0 Å². The van der Waals surface area contributed by atoms with E-state index in [4.69, 9.17) is 0 Å². The minimum Gasteiger partial charge on any atom is -0.316 e. The quantitative estimate of drug-likeness (QED) is 0.518. The van der Waals surface area contributed by atoms with E-state index < -0.39 is 12.7 Å². The molecule has 0 radical (unpaired) electrons. The van der Waals surface area contributed by atoms with E-state index in [1.54, 1.807) is 0 Å². The Morgan fingerprint density at radius 1 is 1.62 bits per heavy atom. The van der Waals surface area contributed by atoms with E-state index in [0.29, 0.717) is 0 Å². The summed E-state index contributed by atoms with van der Waals surface area (Å²) in [5.74, 6) is 0. The van der Waals surface area contributed by atoms with Crippen LogP contribution in [-0.2, 0) is 4.74 Å². The highest BCUT2D eigenvalue weighted by Gasteiger charge is 2.04. The molecule has 1 unspecified atom stereocenters. The number of alkyl halides is 2. The lowest BCUT2D eigenvalue weighted by Gasteiger charge is -2.04. The van der Waals surface area contributed by atoms with E-state index in [1.165, 1.54) is 13.0 Å². The van der Waals surface area contributed by atoms with Crippen molar-refractivity contribution in [3.63, 3.8) is 0 Å². The van der Waals surface area contributed by atoms with Crippen molar-refractivity contribution in [2.24, 2.45) is 0 Å². The molecule has 0 rings (SSSR count). The Balaban J connectivity index is 3.23. The Kier molecular flexibility index (Phi) is 3.35. The monoisotopic (exact) mass is 122 g/mol. The number of hydrogen-bond donors (Lipinski definition) is 0.